The molecule has 29 heavy (non-hydrogen) atoms. The Kier molecular flexibility index (Phi) is 6.31. The van der Waals surface area contributed by atoms with Crippen molar-refractivity contribution in [3.05, 3.63) is 99.5 Å². The lowest BCUT2D eigenvalue weighted by Crippen LogP contribution is -2.11. The van der Waals surface area contributed by atoms with Gasteiger partial charge in [-0.15, -0.1) is 6.58 Å². The molecule has 0 bridgehead atoms. The minimum absolute atomic E-state index is 0.0329. The highest BCUT2D eigenvalue weighted by Crippen LogP contribution is 2.27. The molecule has 1 heterocycles. The van der Waals surface area contributed by atoms with Gasteiger partial charge >= 0.3 is 0 Å². The van der Waals surface area contributed by atoms with E-state index in [4.69, 9.17) is 20.8 Å². The normalized spacial score (nSPS) is 10.4. The molecule has 3 aromatic rings. The van der Waals surface area contributed by atoms with Gasteiger partial charge in [-0.3, -0.25) is 14.9 Å². The van der Waals surface area contributed by atoms with Crippen molar-refractivity contribution in [1.82, 2.24) is 0 Å². The Hall–Kier alpha value is -3.58. The van der Waals surface area contributed by atoms with Crippen molar-refractivity contribution in [2.24, 2.45) is 0 Å². The van der Waals surface area contributed by atoms with Crippen LogP contribution in [0.2, 0.25) is 5.02 Å². The number of hydrogen-bond acceptors (Lipinski definition) is 5. The van der Waals surface area contributed by atoms with Crippen LogP contribution < -0.4 is 10.1 Å². The molecular formula is C21H17ClN2O5. The molecule has 1 aromatic heterocycles. The zero-order valence-corrected chi connectivity index (χ0v) is 16.0. The number of nitro groups is 1. The van der Waals surface area contributed by atoms with Crippen LogP contribution in [0.4, 0.5) is 11.4 Å². The third-order valence-corrected chi connectivity index (χ3v) is 4.33. The fourth-order valence-corrected chi connectivity index (χ4v) is 2.77. The summed E-state index contributed by atoms with van der Waals surface area (Å²) in [6, 6.07) is 14.5. The molecule has 148 valence electrons. The third kappa shape index (κ3) is 5.03. The van der Waals surface area contributed by atoms with E-state index in [1.807, 2.05) is 24.3 Å². The van der Waals surface area contributed by atoms with Gasteiger partial charge < -0.3 is 14.5 Å². The molecule has 0 atom stereocenters. The van der Waals surface area contributed by atoms with E-state index in [0.717, 1.165) is 5.56 Å². The van der Waals surface area contributed by atoms with Gasteiger partial charge in [-0.1, -0.05) is 35.9 Å². The van der Waals surface area contributed by atoms with E-state index in [2.05, 4.69) is 11.9 Å². The van der Waals surface area contributed by atoms with Crippen LogP contribution in [0, 0.1) is 10.1 Å². The highest BCUT2D eigenvalue weighted by Gasteiger charge is 2.16. The van der Waals surface area contributed by atoms with E-state index in [1.54, 1.807) is 12.1 Å². The summed E-state index contributed by atoms with van der Waals surface area (Å²) in [6.07, 6.45) is 2.46. The highest BCUT2D eigenvalue weighted by molar-refractivity contribution is 6.34. The van der Waals surface area contributed by atoms with Gasteiger partial charge in [-0.05, 0) is 36.2 Å². The van der Waals surface area contributed by atoms with E-state index in [9.17, 15) is 14.9 Å². The minimum Gasteiger partial charge on any atom is -0.485 e. The van der Waals surface area contributed by atoms with E-state index >= 15 is 0 Å². The van der Waals surface area contributed by atoms with Crippen LogP contribution >= 0.6 is 11.6 Å². The van der Waals surface area contributed by atoms with E-state index in [0.29, 0.717) is 17.9 Å². The Labute approximate surface area is 171 Å². The second-order valence-corrected chi connectivity index (χ2v) is 6.44. The summed E-state index contributed by atoms with van der Waals surface area (Å²) in [5.41, 5.74) is 0.933. The number of halogens is 1. The SMILES string of the molecule is C=CCc1ccccc1OCc1ccc(C(=O)Nc2cc([N+](=O)[O-])ccc2Cl)o1. The van der Waals surface area contributed by atoms with Crippen molar-refractivity contribution in [2.45, 2.75) is 13.0 Å². The van der Waals surface area contributed by atoms with Gasteiger partial charge in [-0.25, -0.2) is 0 Å². The van der Waals surface area contributed by atoms with E-state index < -0.39 is 10.8 Å². The Morgan fingerprint density at radius 2 is 2.03 bits per heavy atom. The number of furan rings is 1. The number of amides is 1. The molecule has 7 nitrogen and oxygen atoms in total. The fraction of sp³-hybridized carbons (Fsp3) is 0.0952. The number of allylic oxidation sites excluding steroid dienone is 1. The maximum absolute atomic E-state index is 12.4. The zero-order chi connectivity index (χ0) is 20.8. The number of benzene rings is 2. The van der Waals surface area contributed by atoms with Crippen LogP contribution in [-0.4, -0.2) is 10.8 Å². The zero-order valence-electron chi connectivity index (χ0n) is 15.3. The summed E-state index contributed by atoms with van der Waals surface area (Å²) in [4.78, 5) is 22.7. The molecule has 0 unspecified atom stereocenters. The Bertz CT molecular complexity index is 1060. The molecule has 0 radical (unpaired) electrons. The number of rotatable bonds is 8. The summed E-state index contributed by atoms with van der Waals surface area (Å²) in [6.45, 7) is 3.87. The first-order valence-corrected chi connectivity index (χ1v) is 9.01. The quantitative estimate of drug-likeness (QED) is 0.303. The Morgan fingerprint density at radius 3 is 2.79 bits per heavy atom. The summed E-state index contributed by atoms with van der Waals surface area (Å²) < 4.78 is 11.3. The third-order valence-electron chi connectivity index (χ3n) is 4.00. The molecule has 1 N–H and O–H groups in total. The first kappa shape index (κ1) is 20.2. The molecule has 8 heteroatoms. The fourth-order valence-electron chi connectivity index (χ4n) is 2.60. The number of hydrogen-bond donors (Lipinski definition) is 1. The van der Waals surface area contributed by atoms with E-state index in [-0.39, 0.29) is 28.8 Å². The van der Waals surface area contributed by atoms with Gasteiger partial charge in [0.05, 0.1) is 15.6 Å². The smallest absolute Gasteiger partial charge is 0.291 e. The monoisotopic (exact) mass is 412 g/mol. The number of non-ortho nitro benzene ring substituents is 1. The number of nitro benzene ring substituents is 1. The maximum Gasteiger partial charge on any atom is 0.291 e. The molecule has 0 spiro atoms. The van der Waals surface area contributed by atoms with Gasteiger partial charge in [0, 0.05) is 12.1 Å². The van der Waals surface area contributed by atoms with Crippen LogP contribution in [0.15, 0.2) is 71.7 Å². The number of carbonyl (C=O) groups is 1. The van der Waals surface area contributed by atoms with Crippen LogP contribution in [0.5, 0.6) is 5.75 Å². The predicted octanol–water partition coefficient (Wildman–Crippen LogP) is 5.40. The van der Waals surface area contributed by atoms with Crippen LogP contribution in [0.3, 0.4) is 0 Å². The molecule has 3 rings (SSSR count). The van der Waals surface area contributed by atoms with Crippen molar-refractivity contribution in [1.29, 1.82) is 0 Å². The number of nitrogens with one attached hydrogen (secondary N) is 1. The van der Waals surface area contributed by atoms with Gasteiger partial charge in [-0.2, -0.15) is 0 Å². The van der Waals surface area contributed by atoms with Crippen LogP contribution in [0.1, 0.15) is 21.9 Å². The second-order valence-electron chi connectivity index (χ2n) is 6.03. The molecule has 2 aromatic carbocycles. The molecule has 0 aliphatic heterocycles. The lowest BCUT2D eigenvalue weighted by molar-refractivity contribution is -0.384. The lowest BCUT2D eigenvalue weighted by atomic mass is 10.1. The summed E-state index contributed by atoms with van der Waals surface area (Å²) in [7, 11) is 0. The average Bonchev–Trinajstić information content (AvgIpc) is 3.18. The topological polar surface area (TPSA) is 94.6 Å². The molecule has 0 aliphatic carbocycles. The molecule has 1 amide bonds. The summed E-state index contributed by atoms with van der Waals surface area (Å²) in [5.74, 6) is 0.614. The molecule has 0 saturated carbocycles. The number of anilines is 1. The van der Waals surface area contributed by atoms with Crippen molar-refractivity contribution in [2.75, 3.05) is 5.32 Å². The van der Waals surface area contributed by atoms with Gasteiger partial charge in [0.2, 0.25) is 0 Å². The molecule has 0 aliphatic rings. The van der Waals surface area contributed by atoms with Crippen LogP contribution in [0.25, 0.3) is 0 Å². The first-order valence-electron chi connectivity index (χ1n) is 8.63. The molecule has 0 saturated heterocycles. The summed E-state index contributed by atoms with van der Waals surface area (Å²) >= 11 is 6.00. The van der Waals surface area contributed by atoms with Crippen molar-refractivity contribution in [3.8, 4) is 5.75 Å². The van der Waals surface area contributed by atoms with Crippen molar-refractivity contribution in [3.63, 3.8) is 0 Å². The molecular weight excluding hydrogens is 396 g/mol. The van der Waals surface area contributed by atoms with Gasteiger partial charge in [0.25, 0.3) is 11.6 Å². The van der Waals surface area contributed by atoms with Crippen molar-refractivity contribution >= 4 is 28.9 Å². The Morgan fingerprint density at radius 1 is 1.24 bits per heavy atom. The number of nitrogens with zero attached hydrogens (tertiary/aromatic N) is 1. The number of carbonyl (C=O) groups excluding carboxylic acids is 1. The van der Waals surface area contributed by atoms with Crippen LogP contribution in [-0.2, 0) is 13.0 Å². The standard InChI is InChI=1S/C21H17ClN2O5/c1-2-5-14-6-3-4-7-19(14)28-13-16-9-11-20(29-16)21(25)23-18-12-15(24(26)27)8-10-17(18)22/h2-4,6-12H,1,5,13H2,(H,23,25). The minimum atomic E-state index is -0.578. The average molecular weight is 413 g/mol. The number of ether oxygens (including phenoxy) is 1. The predicted molar refractivity (Wildman–Crippen MR) is 109 cm³/mol. The summed E-state index contributed by atoms with van der Waals surface area (Å²) in [5, 5.41) is 13.6. The van der Waals surface area contributed by atoms with E-state index in [1.165, 1.54) is 24.3 Å². The first-order chi connectivity index (χ1) is 14.0. The number of para-hydroxylation sites is 1. The largest absolute Gasteiger partial charge is 0.485 e. The highest BCUT2D eigenvalue weighted by atomic mass is 35.5. The second kappa shape index (κ2) is 9.07. The van der Waals surface area contributed by atoms with Crippen molar-refractivity contribution < 1.29 is 18.9 Å². The van der Waals surface area contributed by atoms with Gasteiger partial charge in [0.15, 0.2) is 5.76 Å². The lowest BCUT2D eigenvalue weighted by Gasteiger charge is -2.09. The molecule has 0 fully saturated rings. The van der Waals surface area contributed by atoms with Gasteiger partial charge in [0.1, 0.15) is 18.1 Å². The Balaban J connectivity index is 1.67. The maximum atomic E-state index is 12.4.